The van der Waals surface area contributed by atoms with Gasteiger partial charge in [0.1, 0.15) is 11.5 Å². The van der Waals surface area contributed by atoms with E-state index in [1.807, 2.05) is 13.8 Å². The average Bonchev–Trinajstić information content (AvgIpc) is 2.94. The molecule has 0 bridgehead atoms. The van der Waals surface area contributed by atoms with Crippen molar-refractivity contribution < 1.29 is 49.7 Å². The molecule has 6 N–H and O–H groups in total. The first-order valence-corrected chi connectivity index (χ1v) is 13.6. The minimum Gasteiger partial charge on any atom is -0.508 e. The van der Waals surface area contributed by atoms with Crippen LogP contribution in [0.25, 0.3) is 0 Å². The molecule has 40 heavy (non-hydrogen) atoms. The minimum atomic E-state index is -0.352. The molecular formula is C30H48O10. The summed E-state index contributed by atoms with van der Waals surface area (Å²) in [6.45, 7) is 7.10. The number of aromatic hydroxyl groups is 2. The molecule has 0 aliphatic carbocycles. The normalized spacial score (nSPS) is 10.4. The Bertz CT molecular complexity index is 784. The van der Waals surface area contributed by atoms with Gasteiger partial charge in [-0.25, -0.2) is 9.59 Å². The highest BCUT2D eigenvalue weighted by atomic mass is 16.5. The van der Waals surface area contributed by atoms with Crippen LogP contribution in [0.4, 0.5) is 0 Å². The van der Waals surface area contributed by atoms with Gasteiger partial charge in [0.2, 0.25) is 0 Å². The van der Waals surface area contributed by atoms with E-state index in [0.29, 0.717) is 30.8 Å². The summed E-state index contributed by atoms with van der Waals surface area (Å²) < 4.78 is 9.98. The lowest BCUT2D eigenvalue weighted by Crippen LogP contribution is -2.05. The number of hydrogen-bond donors (Lipinski definition) is 6. The molecule has 10 heteroatoms. The van der Waals surface area contributed by atoms with Crippen molar-refractivity contribution in [1.82, 2.24) is 0 Å². The minimum absolute atomic E-state index is 0.0810. The molecule has 0 fully saturated rings. The fourth-order valence-corrected chi connectivity index (χ4v) is 2.39. The predicted octanol–water partition coefficient (Wildman–Crippen LogP) is 4.20. The molecule has 2 aromatic rings. The molecule has 228 valence electrons. The zero-order chi connectivity index (χ0) is 30.6. The van der Waals surface area contributed by atoms with E-state index in [2.05, 4.69) is 0 Å². The van der Waals surface area contributed by atoms with Crippen LogP contribution in [0.15, 0.2) is 48.5 Å². The number of esters is 2. The summed E-state index contributed by atoms with van der Waals surface area (Å²) in [5, 5.41) is 50.6. The van der Waals surface area contributed by atoms with E-state index < -0.39 is 0 Å². The summed E-state index contributed by atoms with van der Waals surface area (Å²) in [6.07, 6.45) is 5.34. The maximum absolute atomic E-state index is 11.3. The second-order valence-electron chi connectivity index (χ2n) is 8.59. The molecule has 2 aromatic carbocycles. The SMILES string of the molecule is CC(O)CCO.CCCCOC(=O)c1ccc(O)cc1.CCCCOC(=O)c1ccc(O)cc1.OCCCCO. The molecule has 0 amide bonds. The standard InChI is InChI=1S/2C11H14O3.2C4H10O2/c2*1-2-3-8-14-11(13)9-4-6-10(12)7-5-9;1-4(6)2-3-5;5-3-1-2-4-6/h2*4-7,12H,2-3,8H2,1H3;4-6H,2-3H2,1H3;5-6H,1-4H2. The summed E-state index contributed by atoms with van der Waals surface area (Å²) >= 11 is 0. The number of unbranched alkanes of at least 4 members (excludes halogenated alkanes) is 3. The molecule has 0 radical (unpaired) electrons. The molecule has 0 aliphatic heterocycles. The van der Waals surface area contributed by atoms with Gasteiger partial charge in [0.15, 0.2) is 0 Å². The van der Waals surface area contributed by atoms with Crippen molar-refractivity contribution in [2.45, 2.75) is 71.8 Å². The largest absolute Gasteiger partial charge is 0.508 e. The van der Waals surface area contributed by atoms with Crippen LogP contribution in [-0.4, -0.2) is 81.7 Å². The average molecular weight is 569 g/mol. The van der Waals surface area contributed by atoms with E-state index in [1.54, 1.807) is 31.2 Å². The molecule has 0 saturated heterocycles. The molecule has 0 spiro atoms. The summed E-state index contributed by atoms with van der Waals surface area (Å²) in [6, 6.07) is 12.1. The third kappa shape index (κ3) is 23.9. The first-order chi connectivity index (χ1) is 19.2. The van der Waals surface area contributed by atoms with E-state index in [9.17, 15) is 9.59 Å². The molecule has 0 aliphatic rings. The fraction of sp³-hybridized carbons (Fsp3) is 0.533. The summed E-state index contributed by atoms with van der Waals surface area (Å²) in [7, 11) is 0. The quantitative estimate of drug-likeness (QED) is 0.152. The number of aliphatic hydroxyl groups is 4. The lowest BCUT2D eigenvalue weighted by Gasteiger charge is -2.03. The summed E-state index contributed by atoms with van der Waals surface area (Å²) in [4.78, 5) is 22.7. The Hall–Kier alpha value is -3.18. The van der Waals surface area contributed by atoms with Crippen molar-refractivity contribution in [1.29, 1.82) is 0 Å². The second kappa shape index (κ2) is 27.4. The molecule has 1 atom stereocenters. The number of ether oxygens (including phenoxy) is 2. The molecule has 0 saturated carbocycles. The molecular weight excluding hydrogens is 520 g/mol. The highest BCUT2D eigenvalue weighted by Crippen LogP contribution is 2.11. The van der Waals surface area contributed by atoms with Crippen LogP contribution >= 0.6 is 0 Å². The number of carbonyl (C=O) groups excluding carboxylic acids is 2. The van der Waals surface area contributed by atoms with Gasteiger partial charge in [0.25, 0.3) is 0 Å². The van der Waals surface area contributed by atoms with Crippen molar-refractivity contribution in [2.75, 3.05) is 33.0 Å². The van der Waals surface area contributed by atoms with Crippen molar-refractivity contribution >= 4 is 11.9 Å². The molecule has 10 nitrogen and oxygen atoms in total. The van der Waals surface area contributed by atoms with E-state index >= 15 is 0 Å². The topological polar surface area (TPSA) is 174 Å². The van der Waals surface area contributed by atoms with E-state index in [-0.39, 0.29) is 49.4 Å². The monoisotopic (exact) mass is 568 g/mol. The Morgan fingerprint density at radius 2 is 1.00 bits per heavy atom. The third-order valence-electron chi connectivity index (χ3n) is 4.78. The van der Waals surface area contributed by atoms with Crippen LogP contribution in [0.1, 0.15) is 86.4 Å². The van der Waals surface area contributed by atoms with Crippen molar-refractivity contribution in [2.24, 2.45) is 0 Å². The Labute approximate surface area is 237 Å². The summed E-state index contributed by atoms with van der Waals surface area (Å²) in [5.41, 5.74) is 0.942. The third-order valence-corrected chi connectivity index (χ3v) is 4.78. The van der Waals surface area contributed by atoms with Gasteiger partial charge in [0.05, 0.1) is 30.4 Å². The smallest absolute Gasteiger partial charge is 0.338 e. The first kappa shape index (κ1) is 39.0. The number of benzene rings is 2. The van der Waals surface area contributed by atoms with Gasteiger partial charge in [-0.1, -0.05) is 26.7 Å². The van der Waals surface area contributed by atoms with Crippen LogP contribution in [0, 0.1) is 0 Å². The number of phenolic OH excluding ortho intramolecular Hbond substituents is 2. The van der Waals surface area contributed by atoms with Crippen LogP contribution in [-0.2, 0) is 9.47 Å². The zero-order valence-electron chi connectivity index (χ0n) is 24.0. The number of hydrogen-bond acceptors (Lipinski definition) is 10. The Morgan fingerprint density at radius 3 is 1.23 bits per heavy atom. The number of phenols is 2. The van der Waals surface area contributed by atoms with Crippen LogP contribution in [0.5, 0.6) is 11.5 Å². The van der Waals surface area contributed by atoms with Gasteiger partial charge < -0.3 is 40.1 Å². The fourth-order valence-electron chi connectivity index (χ4n) is 2.39. The van der Waals surface area contributed by atoms with Gasteiger partial charge in [-0.05, 0) is 87.6 Å². The van der Waals surface area contributed by atoms with Gasteiger partial charge in [0, 0.05) is 19.8 Å². The Balaban J connectivity index is 0. The maximum Gasteiger partial charge on any atom is 0.338 e. The van der Waals surface area contributed by atoms with Crippen LogP contribution in [0.2, 0.25) is 0 Å². The highest BCUT2D eigenvalue weighted by molar-refractivity contribution is 5.89. The van der Waals surface area contributed by atoms with E-state index in [1.165, 1.54) is 24.3 Å². The zero-order valence-corrected chi connectivity index (χ0v) is 24.0. The summed E-state index contributed by atoms with van der Waals surface area (Å²) in [5.74, 6) is -0.373. The lowest BCUT2D eigenvalue weighted by molar-refractivity contribution is 0.0490. The van der Waals surface area contributed by atoms with Gasteiger partial charge in [-0.2, -0.15) is 0 Å². The number of rotatable bonds is 13. The number of carbonyl (C=O) groups is 2. The van der Waals surface area contributed by atoms with Crippen molar-refractivity contribution in [3.63, 3.8) is 0 Å². The first-order valence-electron chi connectivity index (χ1n) is 13.6. The van der Waals surface area contributed by atoms with Gasteiger partial charge in [-0.15, -0.1) is 0 Å². The Kier molecular flexibility index (Phi) is 26.7. The predicted molar refractivity (Wildman–Crippen MR) is 153 cm³/mol. The van der Waals surface area contributed by atoms with Crippen LogP contribution in [0.3, 0.4) is 0 Å². The van der Waals surface area contributed by atoms with Crippen LogP contribution < -0.4 is 0 Å². The second-order valence-corrected chi connectivity index (χ2v) is 8.59. The molecule has 1 unspecified atom stereocenters. The molecule has 0 heterocycles. The maximum atomic E-state index is 11.3. The number of aliphatic hydroxyl groups excluding tert-OH is 4. The van der Waals surface area contributed by atoms with E-state index in [0.717, 1.165) is 38.5 Å². The van der Waals surface area contributed by atoms with Gasteiger partial charge in [-0.3, -0.25) is 0 Å². The Morgan fingerprint density at radius 1 is 0.650 bits per heavy atom. The molecule has 2 rings (SSSR count). The van der Waals surface area contributed by atoms with Crippen molar-refractivity contribution in [3.8, 4) is 11.5 Å². The van der Waals surface area contributed by atoms with E-state index in [4.69, 9.17) is 40.1 Å². The lowest BCUT2D eigenvalue weighted by atomic mass is 10.2. The highest BCUT2D eigenvalue weighted by Gasteiger charge is 2.06. The molecule has 0 aromatic heterocycles. The van der Waals surface area contributed by atoms with Crippen molar-refractivity contribution in [3.05, 3.63) is 59.7 Å². The van der Waals surface area contributed by atoms with Gasteiger partial charge >= 0.3 is 11.9 Å².